The number of imidazole rings is 1. The molecule has 2 rings (SSSR count). The zero-order valence-corrected chi connectivity index (χ0v) is 14.8. The van der Waals surface area contributed by atoms with Crippen LogP contribution >= 0.6 is 27.5 Å². The van der Waals surface area contributed by atoms with Crippen LogP contribution in [0.15, 0.2) is 28.7 Å². The zero-order valence-electron chi connectivity index (χ0n) is 12.4. The van der Waals surface area contributed by atoms with E-state index < -0.39 is 0 Å². The molecule has 1 aromatic carbocycles. The molecule has 0 saturated heterocycles. The predicted molar refractivity (Wildman–Crippen MR) is 91.6 cm³/mol. The summed E-state index contributed by atoms with van der Waals surface area (Å²) >= 11 is 9.78. The molecule has 0 fully saturated rings. The van der Waals surface area contributed by atoms with E-state index in [0.29, 0.717) is 11.7 Å². The topological polar surface area (TPSA) is 40.7 Å². The van der Waals surface area contributed by atoms with Crippen LogP contribution < -0.4 is 5.32 Å². The maximum Gasteiger partial charge on any atom is 0.151 e. The quantitative estimate of drug-likeness (QED) is 0.718. The second-order valence-corrected chi connectivity index (χ2v) is 6.39. The van der Waals surface area contributed by atoms with Gasteiger partial charge in [-0.3, -0.25) is 0 Å². The smallest absolute Gasteiger partial charge is 0.151 e. The second kappa shape index (κ2) is 7.97. The van der Waals surface area contributed by atoms with E-state index in [1.165, 1.54) is 5.56 Å². The fraction of sp³-hybridized carbons (Fsp3) is 0.438. The molecule has 0 spiro atoms. The number of aryl methyl sites for hydroxylation is 1. The van der Waals surface area contributed by atoms with Crippen LogP contribution in [0.5, 0.6) is 0 Å². The van der Waals surface area contributed by atoms with Gasteiger partial charge in [0.1, 0.15) is 5.82 Å². The predicted octanol–water partition coefficient (Wildman–Crippen LogP) is 5.02. The molecule has 2 N–H and O–H groups in total. The summed E-state index contributed by atoms with van der Waals surface area (Å²) in [6.45, 7) is 5.00. The van der Waals surface area contributed by atoms with Crippen molar-refractivity contribution in [2.45, 2.75) is 45.7 Å². The van der Waals surface area contributed by atoms with Gasteiger partial charge in [-0.15, -0.1) is 0 Å². The Hall–Kier alpha value is -0.840. The average Bonchev–Trinajstić information content (AvgIpc) is 2.83. The second-order valence-electron chi connectivity index (χ2n) is 5.18. The third-order valence-electron chi connectivity index (χ3n) is 3.50. The van der Waals surface area contributed by atoms with Gasteiger partial charge in [-0.1, -0.05) is 59.1 Å². The van der Waals surface area contributed by atoms with Crippen LogP contribution in [-0.2, 0) is 13.0 Å². The van der Waals surface area contributed by atoms with Gasteiger partial charge >= 0.3 is 0 Å². The summed E-state index contributed by atoms with van der Waals surface area (Å²) in [6, 6.07) is 8.47. The lowest BCUT2D eigenvalue weighted by molar-refractivity contribution is 0.566. The molecule has 1 aromatic heterocycles. The van der Waals surface area contributed by atoms with Crippen LogP contribution in [0.3, 0.4) is 0 Å². The summed E-state index contributed by atoms with van der Waals surface area (Å²) < 4.78 is 1.12. The summed E-state index contributed by atoms with van der Waals surface area (Å²) in [7, 11) is 0. The molecule has 1 atom stereocenters. The Morgan fingerprint density at radius 1 is 1.38 bits per heavy atom. The summed E-state index contributed by atoms with van der Waals surface area (Å²) in [5.74, 6) is 0.979. The van der Waals surface area contributed by atoms with E-state index >= 15 is 0 Å². The average molecular weight is 371 g/mol. The third kappa shape index (κ3) is 4.56. The first kappa shape index (κ1) is 16.5. The van der Waals surface area contributed by atoms with E-state index in [-0.39, 0.29) is 6.04 Å². The molecule has 0 aliphatic heterocycles. The first-order valence-electron chi connectivity index (χ1n) is 7.32. The number of rotatable bonds is 7. The highest BCUT2D eigenvalue weighted by atomic mass is 79.9. The Balaban J connectivity index is 1.96. The number of aromatic amines is 1. The normalized spacial score (nSPS) is 12.6. The molecule has 0 radical (unpaired) electrons. The monoisotopic (exact) mass is 369 g/mol. The Bertz CT molecular complexity index is 583. The van der Waals surface area contributed by atoms with Crippen LogP contribution in [-0.4, -0.2) is 9.97 Å². The molecule has 0 aliphatic carbocycles. The van der Waals surface area contributed by atoms with Crippen molar-refractivity contribution in [3.8, 4) is 0 Å². The fourth-order valence-electron chi connectivity index (χ4n) is 2.21. The molecule has 0 amide bonds. The summed E-state index contributed by atoms with van der Waals surface area (Å²) in [5.41, 5.74) is 2.20. The van der Waals surface area contributed by atoms with Crippen molar-refractivity contribution in [3.63, 3.8) is 0 Å². The number of H-pyrrole nitrogens is 1. The number of nitrogens with zero attached hydrogens (tertiary/aromatic N) is 1. The van der Waals surface area contributed by atoms with E-state index in [1.807, 2.05) is 12.1 Å². The van der Waals surface area contributed by atoms with E-state index in [4.69, 9.17) is 11.6 Å². The lowest BCUT2D eigenvalue weighted by Gasteiger charge is -2.15. The SMILES string of the molecule is CCCCc1nc(Cl)c(CN[C@H](C)c2ccccc2Br)[nH]1. The number of halogens is 2. The van der Waals surface area contributed by atoms with E-state index in [0.717, 1.165) is 35.3 Å². The molecule has 5 heteroatoms. The van der Waals surface area contributed by atoms with E-state index in [9.17, 15) is 0 Å². The molecule has 3 nitrogen and oxygen atoms in total. The third-order valence-corrected chi connectivity index (χ3v) is 4.54. The van der Waals surface area contributed by atoms with Gasteiger partial charge in [0.05, 0.1) is 5.69 Å². The van der Waals surface area contributed by atoms with Crippen molar-refractivity contribution in [2.75, 3.05) is 0 Å². The molecular formula is C16H21BrClN3. The summed E-state index contributed by atoms with van der Waals surface area (Å²) in [4.78, 5) is 7.70. The maximum absolute atomic E-state index is 6.19. The van der Waals surface area contributed by atoms with Crippen molar-refractivity contribution in [1.29, 1.82) is 0 Å². The van der Waals surface area contributed by atoms with Crippen LogP contribution in [0.1, 0.15) is 49.8 Å². The Labute approximate surface area is 139 Å². The number of hydrogen-bond acceptors (Lipinski definition) is 2. The highest BCUT2D eigenvalue weighted by molar-refractivity contribution is 9.10. The highest BCUT2D eigenvalue weighted by Gasteiger charge is 2.11. The van der Waals surface area contributed by atoms with Crippen LogP contribution in [0, 0.1) is 0 Å². The van der Waals surface area contributed by atoms with Gasteiger partial charge in [-0.05, 0) is 25.0 Å². The molecule has 21 heavy (non-hydrogen) atoms. The van der Waals surface area contributed by atoms with Gasteiger partial charge in [-0.2, -0.15) is 0 Å². The first-order chi connectivity index (χ1) is 10.1. The largest absolute Gasteiger partial charge is 0.344 e. The molecule has 1 heterocycles. The number of aromatic nitrogens is 2. The molecule has 0 bridgehead atoms. The van der Waals surface area contributed by atoms with Gasteiger partial charge in [0.25, 0.3) is 0 Å². The maximum atomic E-state index is 6.19. The van der Waals surface area contributed by atoms with E-state index in [2.05, 4.69) is 57.2 Å². The number of unbranched alkanes of at least 4 members (excludes halogenated alkanes) is 1. The minimum absolute atomic E-state index is 0.235. The van der Waals surface area contributed by atoms with Crippen LogP contribution in [0.2, 0.25) is 5.15 Å². The van der Waals surface area contributed by atoms with Gasteiger partial charge in [-0.25, -0.2) is 4.98 Å². The van der Waals surface area contributed by atoms with Crippen molar-refractivity contribution in [3.05, 3.63) is 51.0 Å². The molecular weight excluding hydrogens is 350 g/mol. The molecule has 2 aromatic rings. The Kier molecular flexibility index (Phi) is 6.27. The number of nitrogens with one attached hydrogen (secondary N) is 2. The highest BCUT2D eigenvalue weighted by Crippen LogP contribution is 2.23. The van der Waals surface area contributed by atoms with Crippen LogP contribution in [0.4, 0.5) is 0 Å². The molecule has 0 saturated carbocycles. The molecule has 0 aliphatic rings. The summed E-state index contributed by atoms with van der Waals surface area (Å²) in [6.07, 6.45) is 3.24. The van der Waals surface area contributed by atoms with Crippen LogP contribution in [0.25, 0.3) is 0 Å². The fourth-order valence-corrected chi connectivity index (χ4v) is 3.06. The van der Waals surface area contributed by atoms with Gasteiger partial charge < -0.3 is 10.3 Å². The zero-order chi connectivity index (χ0) is 15.2. The Morgan fingerprint density at radius 2 is 2.14 bits per heavy atom. The Morgan fingerprint density at radius 3 is 2.86 bits per heavy atom. The standard InChI is InChI=1S/C16H21BrClN3/c1-3-4-9-15-20-14(16(18)21-15)10-19-11(2)12-7-5-6-8-13(12)17/h5-8,11,19H,3-4,9-10H2,1-2H3,(H,20,21)/t11-/m1/s1. The van der Waals surface area contributed by atoms with Gasteiger partial charge in [0.15, 0.2) is 5.15 Å². The van der Waals surface area contributed by atoms with Crippen molar-refractivity contribution in [2.24, 2.45) is 0 Å². The van der Waals surface area contributed by atoms with Gasteiger partial charge in [0, 0.05) is 23.5 Å². The van der Waals surface area contributed by atoms with Crippen molar-refractivity contribution < 1.29 is 0 Å². The minimum Gasteiger partial charge on any atom is -0.344 e. The molecule has 0 unspecified atom stereocenters. The number of hydrogen-bond donors (Lipinski definition) is 2. The van der Waals surface area contributed by atoms with Crippen molar-refractivity contribution in [1.82, 2.24) is 15.3 Å². The van der Waals surface area contributed by atoms with Crippen molar-refractivity contribution >= 4 is 27.5 Å². The lowest BCUT2D eigenvalue weighted by Crippen LogP contribution is -2.18. The number of benzene rings is 1. The van der Waals surface area contributed by atoms with E-state index in [1.54, 1.807) is 0 Å². The minimum atomic E-state index is 0.235. The summed E-state index contributed by atoms with van der Waals surface area (Å²) in [5, 5.41) is 4.06. The first-order valence-corrected chi connectivity index (χ1v) is 8.50. The molecule has 114 valence electrons. The van der Waals surface area contributed by atoms with Gasteiger partial charge in [0.2, 0.25) is 0 Å². The lowest BCUT2D eigenvalue weighted by atomic mass is 10.1.